The van der Waals surface area contributed by atoms with Crippen molar-refractivity contribution in [2.24, 2.45) is 0 Å². The third kappa shape index (κ3) is 6.81. The standard InChI is InChI=1S/C20H24ClNO3S/c1-24-18-9-8-15(12-19(18)25-2)6-4-10-22-20(23)14-26-13-16-5-3-7-17(21)11-16/h3,5,7-9,11-12H,4,6,10,13-14H2,1-2H3,(H,22,23). The lowest BCUT2D eigenvalue weighted by Crippen LogP contribution is -2.26. The van der Waals surface area contributed by atoms with Crippen molar-refractivity contribution in [3.05, 3.63) is 58.6 Å². The quantitative estimate of drug-likeness (QED) is 0.610. The summed E-state index contributed by atoms with van der Waals surface area (Å²) in [6.45, 7) is 0.658. The number of rotatable bonds is 10. The monoisotopic (exact) mass is 393 g/mol. The molecule has 2 rings (SSSR count). The summed E-state index contributed by atoms with van der Waals surface area (Å²) in [6, 6.07) is 13.6. The van der Waals surface area contributed by atoms with E-state index in [-0.39, 0.29) is 5.91 Å². The molecule has 0 aliphatic rings. The number of carbonyl (C=O) groups excluding carboxylic acids is 1. The van der Waals surface area contributed by atoms with Gasteiger partial charge in [-0.3, -0.25) is 4.79 Å². The summed E-state index contributed by atoms with van der Waals surface area (Å²) >= 11 is 7.54. The van der Waals surface area contributed by atoms with Crippen LogP contribution in [0.3, 0.4) is 0 Å². The lowest BCUT2D eigenvalue weighted by Gasteiger charge is -2.10. The molecule has 0 bridgehead atoms. The minimum atomic E-state index is 0.0596. The first-order chi connectivity index (χ1) is 12.6. The first-order valence-electron chi connectivity index (χ1n) is 8.42. The number of methoxy groups -OCH3 is 2. The van der Waals surface area contributed by atoms with Crippen molar-refractivity contribution < 1.29 is 14.3 Å². The van der Waals surface area contributed by atoms with Gasteiger partial charge in [0, 0.05) is 17.3 Å². The summed E-state index contributed by atoms with van der Waals surface area (Å²) in [7, 11) is 3.25. The zero-order chi connectivity index (χ0) is 18.8. The SMILES string of the molecule is COc1ccc(CCCNC(=O)CSCc2cccc(Cl)c2)cc1OC. The summed E-state index contributed by atoms with van der Waals surface area (Å²) in [4.78, 5) is 11.9. The average molecular weight is 394 g/mol. The lowest BCUT2D eigenvalue weighted by atomic mass is 10.1. The van der Waals surface area contributed by atoms with Gasteiger partial charge in [0.2, 0.25) is 5.91 Å². The van der Waals surface area contributed by atoms with Crippen molar-refractivity contribution >= 4 is 29.3 Å². The number of benzene rings is 2. The molecule has 0 fully saturated rings. The Bertz CT molecular complexity index is 724. The van der Waals surface area contributed by atoms with Gasteiger partial charge in [0.15, 0.2) is 11.5 Å². The highest BCUT2D eigenvalue weighted by Gasteiger charge is 2.05. The number of hydrogen-bond donors (Lipinski definition) is 1. The Balaban J connectivity index is 1.64. The number of aryl methyl sites for hydroxylation is 1. The average Bonchev–Trinajstić information content (AvgIpc) is 2.65. The Morgan fingerprint density at radius 1 is 1.08 bits per heavy atom. The van der Waals surface area contributed by atoms with Crippen LogP contribution in [0, 0.1) is 0 Å². The molecule has 0 saturated carbocycles. The maximum absolute atomic E-state index is 11.9. The fourth-order valence-corrected chi connectivity index (χ4v) is 3.51. The molecule has 1 amide bonds. The van der Waals surface area contributed by atoms with Gasteiger partial charge in [0.1, 0.15) is 0 Å². The molecule has 0 aliphatic carbocycles. The molecule has 0 aliphatic heterocycles. The van der Waals surface area contributed by atoms with E-state index in [9.17, 15) is 4.79 Å². The van der Waals surface area contributed by atoms with Crippen molar-refractivity contribution in [2.45, 2.75) is 18.6 Å². The Hall–Kier alpha value is -1.85. The predicted molar refractivity (Wildman–Crippen MR) is 108 cm³/mol. The fourth-order valence-electron chi connectivity index (χ4n) is 2.50. The Morgan fingerprint density at radius 3 is 2.62 bits per heavy atom. The van der Waals surface area contributed by atoms with Gasteiger partial charge in [-0.1, -0.05) is 29.8 Å². The molecule has 2 aromatic rings. The largest absolute Gasteiger partial charge is 0.493 e. The normalized spacial score (nSPS) is 10.4. The van der Waals surface area contributed by atoms with Crippen LogP contribution in [0.25, 0.3) is 0 Å². The Kier molecular flexibility index (Phi) is 8.65. The second-order valence-electron chi connectivity index (χ2n) is 5.77. The highest BCUT2D eigenvalue weighted by atomic mass is 35.5. The van der Waals surface area contributed by atoms with Gasteiger partial charge >= 0.3 is 0 Å². The number of thioether (sulfide) groups is 1. The first-order valence-corrected chi connectivity index (χ1v) is 9.95. The molecule has 1 N–H and O–H groups in total. The van der Waals surface area contributed by atoms with Crippen LogP contribution in [-0.2, 0) is 17.0 Å². The van der Waals surface area contributed by atoms with E-state index in [1.54, 1.807) is 26.0 Å². The van der Waals surface area contributed by atoms with Gasteiger partial charge in [-0.25, -0.2) is 0 Å². The van der Waals surface area contributed by atoms with Crippen LogP contribution in [-0.4, -0.2) is 32.4 Å². The smallest absolute Gasteiger partial charge is 0.230 e. The number of ether oxygens (including phenoxy) is 2. The molecular weight excluding hydrogens is 370 g/mol. The maximum atomic E-state index is 11.9. The summed E-state index contributed by atoms with van der Waals surface area (Å²) in [5.74, 6) is 2.74. The predicted octanol–water partition coefficient (Wildman–Crippen LogP) is 4.34. The van der Waals surface area contributed by atoms with Gasteiger partial charge in [-0.05, 0) is 48.2 Å². The summed E-state index contributed by atoms with van der Waals surface area (Å²) < 4.78 is 10.5. The van der Waals surface area contributed by atoms with Gasteiger partial charge in [0.05, 0.1) is 20.0 Å². The van der Waals surface area contributed by atoms with Gasteiger partial charge in [-0.15, -0.1) is 11.8 Å². The summed E-state index contributed by atoms with van der Waals surface area (Å²) in [6.07, 6.45) is 1.75. The lowest BCUT2D eigenvalue weighted by molar-refractivity contribution is -0.118. The van der Waals surface area contributed by atoms with Crippen LogP contribution in [0.4, 0.5) is 0 Å². The van der Waals surface area contributed by atoms with E-state index in [0.717, 1.165) is 46.2 Å². The van der Waals surface area contributed by atoms with Crippen molar-refractivity contribution in [2.75, 3.05) is 26.5 Å². The molecule has 0 heterocycles. The van der Waals surface area contributed by atoms with Crippen molar-refractivity contribution in [1.29, 1.82) is 0 Å². The highest BCUT2D eigenvalue weighted by Crippen LogP contribution is 2.27. The maximum Gasteiger partial charge on any atom is 0.230 e. The van der Waals surface area contributed by atoms with Crippen molar-refractivity contribution in [1.82, 2.24) is 5.32 Å². The van der Waals surface area contributed by atoms with Crippen molar-refractivity contribution in [3.63, 3.8) is 0 Å². The van der Waals surface area contributed by atoms with Crippen LogP contribution in [0.2, 0.25) is 5.02 Å². The van der Waals surface area contributed by atoms with E-state index in [1.807, 2.05) is 42.5 Å². The second-order valence-corrected chi connectivity index (χ2v) is 7.19. The third-order valence-corrected chi connectivity index (χ3v) is 5.04. The van der Waals surface area contributed by atoms with Crippen LogP contribution >= 0.6 is 23.4 Å². The molecule has 0 unspecified atom stereocenters. The van der Waals surface area contributed by atoms with Crippen molar-refractivity contribution in [3.8, 4) is 11.5 Å². The molecule has 6 heteroatoms. The third-order valence-electron chi connectivity index (χ3n) is 3.80. The number of halogens is 1. The number of amides is 1. The zero-order valence-corrected chi connectivity index (χ0v) is 16.7. The van der Waals surface area contributed by atoms with Crippen LogP contribution in [0.15, 0.2) is 42.5 Å². The van der Waals surface area contributed by atoms with E-state index in [4.69, 9.17) is 21.1 Å². The molecule has 26 heavy (non-hydrogen) atoms. The Morgan fingerprint density at radius 2 is 1.88 bits per heavy atom. The molecule has 0 aromatic heterocycles. The number of carbonyl (C=O) groups is 1. The molecule has 4 nitrogen and oxygen atoms in total. The first kappa shape index (κ1) is 20.5. The highest BCUT2D eigenvalue weighted by molar-refractivity contribution is 7.99. The zero-order valence-electron chi connectivity index (χ0n) is 15.1. The molecule has 0 saturated heterocycles. The molecule has 0 radical (unpaired) electrons. The van der Waals surface area contributed by atoms with Crippen LogP contribution < -0.4 is 14.8 Å². The molecule has 0 atom stereocenters. The molecule has 140 valence electrons. The van der Waals surface area contributed by atoms with E-state index in [1.165, 1.54) is 0 Å². The van der Waals surface area contributed by atoms with Gasteiger partial charge in [-0.2, -0.15) is 0 Å². The topological polar surface area (TPSA) is 47.6 Å². The molecule has 0 spiro atoms. The van der Waals surface area contributed by atoms with E-state index in [0.29, 0.717) is 12.3 Å². The van der Waals surface area contributed by atoms with Crippen LogP contribution in [0.1, 0.15) is 17.5 Å². The van der Waals surface area contributed by atoms with E-state index < -0.39 is 0 Å². The summed E-state index contributed by atoms with van der Waals surface area (Å²) in [5, 5.41) is 3.68. The second kappa shape index (κ2) is 11.0. The minimum Gasteiger partial charge on any atom is -0.493 e. The summed E-state index contributed by atoms with van der Waals surface area (Å²) in [5.41, 5.74) is 2.29. The fraction of sp³-hybridized carbons (Fsp3) is 0.350. The van der Waals surface area contributed by atoms with Gasteiger partial charge in [0.25, 0.3) is 0 Å². The van der Waals surface area contributed by atoms with Crippen LogP contribution in [0.5, 0.6) is 11.5 Å². The number of nitrogens with one attached hydrogen (secondary N) is 1. The Labute approximate surface area is 164 Å². The van der Waals surface area contributed by atoms with E-state index >= 15 is 0 Å². The minimum absolute atomic E-state index is 0.0596. The number of hydrogen-bond acceptors (Lipinski definition) is 4. The molecule has 2 aromatic carbocycles. The molecular formula is C20H24ClNO3S. The van der Waals surface area contributed by atoms with E-state index in [2.05, 4.69) is 5.32 Å². The van der Waals surface area contributed by atoms with Gasteiger partial charge < -0.3 is 14.8 Å².